The number of pyridine rings is 1. The quantitative estimate of drug-likeness (QED) is 0.842. The Bertz CT molecular complexity index is 823. The smallest absolute Gasteiger partial charge is 0.228 e. The van der Waals surface area contributed by atoms with Crippen molar-refractivity contribution in [3.63, 3.8) is 0 Å². The average molecular weight is 397 g/mol. The molecule has 0 spiro atoms. The van der Waals surface area contributed by atoms with E-state index in [1.54, 1.807) is 12.1 Å². The largest absolute Gasteiger partial charge is 0.326 e. The summed E-state index contributed by atoms with van der Waals surface area (Å²) in [5.74, 6) is 0.250. The zero-order valence-corrected chi connectivity index (χ0v) is 16.9. The Hall–Kier alpha value is -2.31. The van der Waals surface area contributed by atoms with Gasteiger partial charge in [0.15, 0.2) is 0 Å². The van der Waals surface area contributed by atoms with Crippen LogP contribution in [0.1, 0.15) is 24.8 Å². The second-order valence-electron chi connectivity index (χ2n) is 8.41. The SMILES string of the molecule is CN1C[C@@H](C(=O)Nc2cccc(F)c2)C[C@H]1C1CCN(Cc2cccnc2)CC1. The van der Waals surface area contributed by atoms with Crippen molar-refractivity contribution in [2.75, 3.05) is 32.0 Å². The number of benzene rings is 1. The Kier molecular flexibility index (Phi) is 6.21. The van der Waals surface area contributed by atoms with Crippen LogP contribution in [0, 0.1) is 17.7 Å². The molecular weight excluding hydrogens is 367 g/mol. The number of hydrogen-bond acceptors (Lipinski definition) is 4. The van der Waals surface area contributed by atoms with E-state index in [0.29, 0.717) is 17.6 Å². The van der Waals surface area contributed by atoms with Crippen molar-refractivity contribution in [1.82, 2.24) is 14.8 Å². The topological polar surface area (TPSA) is 48.5 Å². The van der Waals surface area contributed by atoms with E-state index in [4.69, 9.17) is 0 Å². The van der Waals surface area contributed by atoms with Crippen LogP contribution in [0.5, 0.6) is 0 Å². The van der Waals surface area contributed by atoms with Crippen LogP contribution in [-0.4, -0.2) is 53.4 Å². The molecule has 1 amide bonds. The zero-order valence-electron chi connectivity index (χ0n) is 16.9. The predicted octanol–water partition coefficient (Wildman–Crippen LogP) is 3.39. The number of amides is 1. The Labute approximate surface area is 171 Å². The van der Waals surface area contributed by atoms with E-state index < -0.39 is 0 Å². The van der Waals surface area contributed by atoms with Crippen LogP contribution >= 0.6 is 0 Å². The van der Waals surface area contributed by atoms with Crippen LogP contribution in [0.25, 0.3) is 0 Å². The lowest BCUT2D eigenvalue weighted by atomic mass is 9.86. The Balaban J connectivity index is 1.28. The minimum Gasteiger partial charge on any atom is -0.326 e. The van der Waals surface area contributed by atoms with Crippen LogP contribution in [0.4, 0.5) is 10.1 Å². The maximum absolute atomic E-state index is 13.4. The van der Waals surface area contributed by atoms with Crippen LogP contribution in [-0.2, 0) is 11.3 Å². The van der Waals surface area contributed by atoms with Crippen molar-refractivity contribution in [3.05, 3.63) is 60.2 Å². The molecule has 5 nitrogen and oxygen atoms in total. The van der Waals surface area contributed by atoms with Gasteiger partial charge in [0.2, 0.25) is 5.91 Å². The van der Waals surface area contributed by atoms with Gasteiger partial charge in [-0.1, -0.05) is 12.1 Å². The number of halogens is 1. The highest BCUT2D eigenvalue weighted by Crippen LogP contribution is 2.33. The molecule has 29 heavy (non-hydrogen) atoms. The number of hydrogen-bond donors (Lipinski definition) is 1. The monoisotopic (exact) mass is 396 g/mol. The van der Waals surface area contributed by atoms with Gasteiger partial charge in [-0.3, -0.25) is 14.7 Å². The molecule has 1 aromatic heterocycles. The highest BCUT2D eigenvalue weighted by atomic mass is 19.1. The molecular formula is C23H29FN4O. The molecule has 2 saturated heterocycles. The first-order valence-electron chi connectivity index (χ1n) is 10.5. The fourth-order valence-electron chi connectivity index (χ4n) is 4.83. The fourth-order valence-corrected chi connectivity index (χ4v) is 4.83. The van der Waals surface area contributed by atoms with Crippen LogP contribution < -0.4 is 5.32 Å². The summed E-state index contributed by atoms with van der Waals surface area (Å²) in [4.78, 5) is 21.7. The van der Waals surface area contributed by atoms with E-state index in [-0.39, 0.29) is 17.6 Å². The molecule has 0 radical (unpaired) electrons. The first-order chi connectivity index (χ1) is 14.1. The summed E-state index contributed by atoms with van der Waals surface area (Å²) < 4.78 is 13.4. The summed E-state index contributed by atoms with van der Waals surface area (Å²) in [6.07, 6.45) is 6.96. The molecule has 154 valence electrons. The number of carbonyl (C=O) groups is 1. The lowest BCUT2D eigenvalue weighted by molar-refractivity contribution is -0.119. The molecule has 2 aliphatic rings. The van der Waals surface area contributed by atoms with Crippen molar-refractivity contribution in [2.24, 2.45) is 11.8 Å². The van der Waals surface area contributed by atoms with Crippen molar-refractivity contribution >= 4 is 11.6 Å². The number of nitrogens with zero attached hydrogens (tertiary/aromatic N) is 3. The lowest BCUT2D eigenvalue weighted by Gasteiger charge is -2.37. The molecule has 1 N–H and O–H groups in total. The Morgan fingerprint density at radius 2 is 2.07 bits per heavy atom. The minimum absolute atomic E-state index is 0.000960. The molecule has 2 aromatic rings. The van der Waals surface area contributed by atoms with Crippen molar-refractivity contribution in [1.29, 1.82) is 0 Å². The summed E-state index contributed by atoms with van der Waals surface area (Å²) in [7, 11) is 2.13. The first kappa shape index (κ1) is 20.0. The van der Waals surface area contributed by atoms with Gasteiger partial charge >= 0.3 is 0 Å². The third-order valence-electron chi connectivity index (χ3n) is 6.37. The summed E-state index contributed by atoms with van der Waals surface area (Å²) in [5, 5.41) is 2.88. The molecule has 3 heterocycles. The van der Waals surface area contributed by atoms with Gasteiger partial charge in [0.05, 0.1) is 5.92 Å². The number of carbonyl (C=O) groups excluding carboxylic acids is 1. The van der Waals surface area contributed by atoms with Gasteiger partial charge in [0.1, 0.15) is 5.82 Å². The van der Waals surface area contributed by atoms with Crippen LogP contribution in [0.15, 0.2) is 48.8 Å². The van der Waals surface area contributed by atoms with Crippen molar-refractivity contribution in [2.45, 2.75) is 31.8 Å². The van der Waals surface area contributed by atoms with E-state index in [1.807, 2.05) is 18.5 Å². The molecule has 2 fully saturated rings. The van der Waals surface area contributed by atoms with E-state index in [1.165, 1.54) is 17.7 Å². The van der Waals surface area contributed by atoms with Gasteiger partial charge < -0.3 is 10.2 Å². The maximum Gasteiger partial charge on any atom is 0.228 e. The highest BCUT2D eigenvalue weighted by molar-refractivity contribution is 5.92. The van der Waals surface area contributed by atoms with Crippen molar-refractivity contribution < 1.29 is 9.18 Å². The first-order valence-corrected chi connectivity index (χ1v) is 10.5. The molecule has 0 bridgehead atoms. The molecule has 4 rings (SSSR count). The molecule has 0 unspecified atom stereocenters. The molecule has 2 aliphatic heterocycles. The molecule has 2 atom stereocenters. The van der Waals surface area contributed by atoms with Gasteiger partial charge in [-0.05, 0) is 75.1 Å². The second kappa shape index (κ2) is 9.01. The third kappa shape index (κ3) is 5.00. The average Bonchev–Trinajstić information content (AvgIpc) is 3.11. The van der Waals surface area contributed by atoms with E-state index >= 15 is 0 Å². The molecule has 0 aliphatic carbocycles. The molecule has 1 aromatic carbocycles. The number of anilines is 1. The van der Waals surface area contributed by atoms with Crippen molar-refractivity contribution in [3.8, 4) is 0 Å². The summed E-state index contributed by atoms with van der Waals surface area (Å²) in [6, 6.07) is 10.7. The molecule has 6 heteroatoms. The minimum atomic E-state index is -0.331. The molecule has 0 saturated carbocycles. The van der Waals surface area contributed by atoms with Gasteiger partial charge in [0, 0.05) is 37.2 Å². The van der Waals surface area contributed by atoms with Gasteiger partial charge in [-0.25, -0.2) is 4.39 Å². The number of aromatic nitrogens is 1. The van der Waals surface area contributed by atoms with Gasteiger partial charge in [0.25, 0.3) is 0 Å². The fraction of sp³-hybridized carbons (Fsp3) is 0.478. The highest BCUT2D eigenvalue weighted by Gasteiger charge is 2.39. The Morgan fingerprint density at radius 3 is 2.79 bits per heavy atom. The number of rotatable bonds is 5. The number of nitrogens with one attached hydrogen (secondary N) is 1. The lowest BCUT2D eigenvalue weighted by Crippen LogP contribution is -2.41. The standard InChI is InChI=1S/C23H29FN4O/c1-27-16-19(23(29)26-21-6-2-5-20(24)13-21)12-22(27)18-7-10-28(11-8-18)15-17-4-3-9-25-14-17/h2-6,9,13-14,18-19,22H,7-8,10-12,15-16H2,1H3,(H,26,29)/t19-,22-/m0/s1. The van der Waals surface area contributed by atoms with E-state index in [9.17, 15) is 9.18 Å². The van der Waals surface area contributed by atoms with Gasteiger partial charge in [-0.15, -0.1) is 0 Å². The summed E-state index contributed by atoms with van der Waals surface area (Å²) in [5.41, 5.74) is 1.79. The maximum atomic E-state index is 13.4. The van der Waals surface area contributed by atoms with E-state index in [0.717, 1.165) is 45.4 Å². The third-order valence-corrected chi connectivity index (χ3v) is 6.37. The van der Waals surface area contributed by atoms with Crippen LogP contribution in [0.2, 0.25) is 0 Å². The normalized spacial score (nSPS) is 23.9. The summed E-state index contributed by atoms with van der Waals surface area (Å²) >= 11 is 0. The predicted molar refractivity (Wildman–Crippen MR) is 112 cm³/mol. The van der Waals surface area contributed by atoms with E-state index in [2.05, 4.69) is 33.2 Å². The number of piperidine rings is 1. The second-order valence-corrected chi connectivity index (χ2v) is 8.41. The number of likely N-dealkylation sites (tertiary alicyclic amines) is 2. The zero-order chi connectivity index (χ0) is 20.2. The Morgan fingerprint density at radius 1 is 1.24 bits per heavy atom. The van der Waals surface area contributed by atoms with Gasteiger partial charge in [-0.2, -0.15) is 0 Å². The summed E-state index contributed by atoms with van der Waals surface area (Å²) in [6.45, 7) is 3.90. The van der Waals surface area contributed by atoms with Crippen LogP contribution in [0.3, 0.4) is 0 Å².